The molecule has 2 aliphatic heterocycles. The van der Waals surface area contributed by atoms with Gasteiger partial charge in [0.2, 0.25) is 11.8 Å². The first-order valence-electron chi connectivity index (χ1n) is 12.8. The van der Waals surface area contributed by atoms with Crippen LogP contribution in [0.4, 0.5) is 0 Å². The number of nitrogens with zero attached hydrogens (tertiary/aromatic N) is 3. The van der Waals surface area contributed by atoms with Crippen molar-refractivity contribution in [2.45, 2.75) is 42.0 Å². The fourth-order valence-electron chi connectivity index (χ4n) is 5.06. The van der Waals surface area contributed by atoms with Crippen molar-refractivity contribution in [3.05, 3.63) is 58.3 Å². The van der Waals surface area contributed by atoms with Crippen molar-refractivity contribution in [2.75, 3.05) is 26.2 Å². The Morgan fingerprint density at radius 3 is 2.67 bits per heavy atom. The van der Waals surface area contributed by atoms with Crippen LogP contribution in [0.25, 0.3) is 10.1 Å². The summed E-state index contributed by atoms with van der Waals surface area (Å²) < 4.78 is 29.6. The Hall–Kier alpha value is -2.77. The van der Waals surface area contributed by atoms with Crippen LogP contribution in [0.15, 0.2) is 46.8 Å². The van der Waals surface area contributed by atoms with Gasteiger partial charge in [-0.25, -0.2) is 13.4 Å². The van der Waals surface area contributed by atoms with E-state index in [1.54, 1.807) is 35.2 Å². The number of sulfonamides is 1. The molecule has 0 spiro atoms. The summed E-state index contributed by atoms with van der Waals surface area (Å²) in [6.07, 6.45) is 3.85. The number of hydrogen-bond acceptors (Lipinski definition) is 7. The Labute approximate surface area is 245 Å². The molecule has 3 amide bonds. The van der Waals surface area contributed by atoms with Gasteiger partial charge in [0.15, 0.2) is 0 Å². The predicted molar refractivity (Wildman–Crippen MR) is 153 cm³/mol. The van der Waals surface area contributed by atoms with E-state index in [4.69, 9.17) is 23.2 Å². The molecule has 5 rings (SSSR count). The van der Waals surface area contributed by atoms with Crippen LogP contribution in [0.1, 0.15) is 36.0 Å². The zero-order valence-electron chi connectivity index (χ0n) is 21.3. The number of nitrogens with one attached hydrogen (secondary N) is 2. The minimum absolute atomic E-state index is 0.0989. The van der Waals surface area contributed by atoms with Gasteiger partial charge in [0.05, 0.1) is 6.54 Å². The van der Waals surface area contributed by atoms with Crippen molar-refractivity contribution >= 4 is 72.4 Å². The van der Waals surface area contributed by atoms with Crippen molar-refractivity contribution < 1.29 is 22.8 Å². The van der Waals surface area contributed by atoms with E-state index in [9.17, 15) is 22.8 Å². The average molecular weight is 625 g/mol. The van der Waals surface area contributed by atoms with Crippen LogP contribution >= 0.6 is 34.5 Å². The van der Waals surface area contributed by atoms with E-state index in [1.165, 1.54) is 17.2 Å². The van der Waals surface area contributed by atoms with Gasteiger partial charge in [-0.15, -0.1) is 11.3 Å². The lowest BCUT2D eigenvalue weighted by Gasteiger charge is -2.34. The van der Waals surface area contributed by atoms with Crippen LogP contribution in [0, 0.1) is 0 Å². The lowest BCUT2D eigenvalue weighted by atomic mass is 10.1. The predicted octanol–water partition coefficient (Wildman–Crippen LogP) is 3.29. The van der Waals surface area contributed by atoms with Gasteiger partial charge in [0, 0.05) is 47.2 Å². The van der Waals surface area contributed by atoms with Gasteiger partial charge >= 0.3 is 0 Å². The molecule has 0 unspecified atom stereocenters. The Bertz CT molecular complexity index is 1560. The minimum atomic E-state index is -3.95. The normalized spacial score (nSPS) is 19.8. The Kier molecular flexibility index (Phi) is 8.62. The van der Waals surface area contributed by atoms with E-state index in [2.05, 4.69) is 15.0 Å². The number of likely N-dealkylation sites (tertiary alicyclic amines) is 2. The highest BCUT2D eigenvalue weighted by Crippen LogP contribution is 2.31. The second-order valence-corrected chi connectivity index (χ2v) is 13.6. The Morgan fingerprint density at radius 1 is 1.07 bits per heavy atom. The number of aromatic nitrogens is 1. The van der Waals surface area contributed by atoms with Crippen molar-refractivity contribution in [1.29, 1.82) is 0 Å². The molecule has 14 heteroatoms. The van der Waals surface area contributed by atoms with E-state index >= 15 is 0 Å². The van der Waals surface area contributed by atoms with E-state index in [-0.39, 0.29) is 40.3 Å². The second kappa shape index (κ2) is 12.0. The molecule has 0 saturated carbocycles. The van der Waals surface area contributed by atoms with Gasteiger partial charge < -0.3 is 15.1 Å². The van der Waals surface area contributed by atoms with Crippen LogP contribution in [0.3, 0.4) is 0 Å². The molecule has 2 atom stereocenters. The third kappa shape index (κ3) is 6.41. The quantitative estimate of drug-likeness (QED) is 0.371. The van der Waals surface area contributed by atoms with Gasteiger partial charge in [-0.05, 0) is 67.5 Å². The first-order valence-corrected chi connectivity index (χ1v) is 15.9. The number of benzene rings is 1. The molecule has 0 bridgehead atoms. The third-order valence-corrected chi connectivity index (χ3v) is 10.6. The molecule has 0 aliphatic carbocycles. The summed E-state index contributed by atoms with van der Waals surface area (Å²) in [5.41, 5.74) is 0.378. The maximum Gasteiger partial charge on any atom is 0.251 e. The molecule has 10 nitrogen and oxygen atoms in total. The van der Waals surface area contributed by atoms with E-state index in [1.807, 2.05) is 0 Å². The van der Waals surface area contributed by atoms with Crippen LogP contribution in [0.2, 0.25) is 10.2 Å². The van der Waals surface area contributed by atoms with Gasteiger partial charge in [0.25, 0.3) is 15.9 Å². The summed E-state index contributed by atoms with van der Waals surface area (Å²) >= 11 is 13.0. The number of amides is 3. The fourth-order valence-corrected chi connectivity index (χ4v) is 8.03. The highest BCUT2D eigenvalue weighted by atomic mass is 35.5. The molecule has 3 aromatic rings. The van der Waals surface area contributed by atoms with Crippen molar-refractivity contribution in [2.24, 2.45) is 0 Å². The summed E-state index contributed by atoms with van der Waals surface area (Å²) in [5.74, 6) is -0.973. The third-order valence-electron chi connectivity index (χ3n) is 7.06. The number of carbonyl (C=O) groups is 3. The molecule has 2 N–H and O–H groups in total. The maximum absolute atomic E-state index is 13.2. The number of hydrogen-bond donors (Lipinski definition) is 2. The molecule has 0 radical (unpaired) electrons. The lowest BCUT2D eigenvalue weighted by molar-refractivity contribution is -0.143. The number of fused-ring (bicyclic) bond motifs is 1. The fraction of sp³-hybridized carbons (Fsp3) is 0.385. The van der Waals surface area contributed by atoms with Gasteiger partial charge in [0.1, 0.15) is 15.4 Å². The molecule has 2 aromatic heterocycles. The summed E-state index contributed by atoms with van der Waals surface area (Å²) in [6, 6.07) is 8.55. The number of pyridine rings is 1. The van der Waals surface area contributed by atoms with Gasteiger partial charge in [-0.1, -0.05) is 23.2 Å². The molecule has 2 aliphatic rings. The lowest BCUT2D eigenvalue weighted by Crippen LogP contribution is -2.55. The highest BCUT2D eigenvalue weighted by molar-refractivity contribution is 7.91. The van der Waals surface area contributed by atoms with E-state index in [0.29, 0.717) is 41.9 Å². The zero-order valence-corrected chi connectivity index (χ0v) is 24.5. The topological polar surface area (TPSA) is 129 Å². The molecule has 1 aromatic carbocycles. The van der Waals surface area contributed by atoms with Crippen LogP contribution in [-0.4, -0.2) is 79.2 Å². The standard InChI is InChI=1S/C26H27Cl2N5O5S2/c27-18-5-6-21-17(11-18)13-24(39-21)40(37,38)31-20-4-2-9-32(26(20)36)15-23(34)33-10-1-3-19(33)14-30-25(35)16-7-8-29-22(28)12-16/h5-8,11-13,19-20,31H,1-4,9-10,14-15H2,(H,30,35)/t19-,20-/m0/s1. The molecule has 2 saturated heterocycles. The summed E-state index contributed by atoms with van der Waals surface area (Å²) in [7, 11) is -3.95. The van der Waals surface area contributed by atoms with E-state index in [0.717, 1.165) is 28.9 Å². The van der Waals surface area contributed by atoms with Crippen LogP contribution < -0.4 is 10.0 Å². The van der Waals surface area contributed by atoms with E-state index < -0.39 is 22.0 Å². The smallest absolute Gasteiger partial charge is 0.251 e. The zero-order chi connectivity index (χ0) is 28.4. The van der Waals surface area contributed by atoms with Crippen LogP contribution in [0.5, 0.6) is 0 Å². The van der Waals surface area contributed by atoms with Crippen molar-refractivity contribution in [1.82, 2.24) is 24.8 Å². The van der Waals surface area contributed by atoms with Gasteiger partial charge in [-0.3, -0.25) is 14.4 Å². The second-order valence-electron chi connectivity index (χ2n) is 9.78. The average Bonchev–Trinajstić information content (AvgIpc) is 3.57. The molecular formula is C26H27Cl2N5O5S2. The highest BCUT2D eigenvalue weighted by Gasteiger charge is 2.36. The number of carbonyl (C=O) groups excluding carboxylic acids is 3. The Morgan fingerprint density at radius 2 is 1.88 bits per heavy atom. The molecule has 212 valence electrons. The summed E-state index contributed by atoms with van der Waals surface area (Å²) in [4.78, 5) is 45.9. The summed E-state index contributed by atoms with van der Waals surface area (Å²) in [6.45, 7) is 1.00. The molecule has 40 heavy (non-hydrogen) atoms. The summed E-state index contributed by atoms with van der Waals surface area (Å²) in [5, 5.41) is 4.27. The monoisotopic (exact) mass is 623 g/mol. The Balaban J connectivity index is 1.19. The number of piperidine rings is 1. The van der Waals surface area contributed by atoms with Crippen molar-refractivity contribution in [3.63, 3.8) is 0 Å². The van der Waals surface area contributed by atoms with Crippen molar-refractivity contribution in [3.8, 4) is 0 Å². The maximum atomic E-state index is 13.2. The van der Waals surface area contributed by atoms with Gasteiger partial charge in [-0.2, -0.15) is 4.72 Å². The number of thiophene rings is 1. The SMILES string of the molecule is O=C(NC[C@@H]1CCCN1C(=O)CN1CCC[C@H](NS(=O)(=O)c2cc3cc(Cl)ccc3s2)C1=O)c1ccnc(Cl)c1. The molecule has 4 heterocycles. The molecule has 2 fully saturated rings. The number of rotatable bonds is 8. The largest absolute Gasteiger partial charge is 0.350 e. The molecular weight excluding hydrogens is 597 g/mol. The first kappa shape index (κ1) is 28.7. The van der Waals surface area contributed by atoms with Crippen LogP contribution in [-0.2, 0) is 19.6 Å². The number of halogens is 2. The first-order chi connectivity index (χ1) is 19.1. The minimum Gasteiger partial charge on any atom is -0.350 e.